The number of piperidine rings is 1. The van der Waals surface area contributed by atoms with Crippen molar-refractivity contribution in [2.75, 3.05) is 50.8 Å². The maximum Gasteiger partial charge on any atom is 0.260 e. The van der Waals surface area contributed by atoms with Crippen LogP contribution in [0.1, 0.15) is 56.8 Å². The zero-order valence-corrected chi connectivity index (χ0v) is 26.3. The fourth-order valence-corrected chi connectivity index (χ4v) is 8.16. The second-order valence-corrected chi connectivity index (χ2v) is 13.0. The third-order valence-corrected chi connectivity index (χ3v) is 10.8. The van der Waals surface area contributed by atoms with Crippen LogP contribution in [0.25, 0.3) is 10.2 Å². The van der Waals surface area contributed by atoms with E-state index in [4.69, 9.17) is 14.5 Å². The summed E-state index contributed by atoms with van der Waals surface area (Å²) in [6, 6.07) is 10.2. The topological polar surface area (TPSA) is 92.3 Å². The first-order valence-electron chi connectivity index (χ1n) is 14.2. The molecule has 1 aromatic heterocycles. The molecule has 2 aliphatic heterocycles. The Bertz CT molecular complexity index is 1400. The summed E-state index contributed by atoms with van der Waals surface area (Å²) in [7, 11) is -3.62. The van der Waals surface area contributed by atoms with Crippen molar-refractivity contribution in [1.82, 2.24) is 14.2 Å². The Morgan fingerprint density at radius 1 is 1.02 bits per heavy atom. The minimum Gasteiger partial charge on any atom is -0.486 e. The third-order valence-electron chi connectivity index (χ3n) is 7.80. The van der Waals surface area contributed by atoms with E-state index < -0.39 is 10.0 Å². The first-order chi connectivity index (χ1) is 19.3. The van der Waals surface area contributed by atoms with Crippen LogP contribution in [0.3, 0.4) is 0 Å². The molecule has 224 valence electrons. The van der Waals surface area contributed by atoms with Crippen molar-refractivity contribution in [3.8, 4) is 11.5 Å². The molecule has 1 saturated heterocycles. The molecular formula is C29H39ClN4O5S2. The second kappa shape index (κ2) is 13.7. The number of sulfonamides is 1. The number of carbonyl (C=O) groups excluding carboxylic acids is 1. The average molecular weight is 623 g/mol. The molecule has 5 rings (SSSR count). The van der Waals surface area contributed by atoms with Crippen molar-refractivity contribution < 1.29 is 22.7 Å². The van der Waals surface area contributed by atoms with Gasteiger partial charge in [-0.05, 0) is 56.6 Å². The highest BCUT2D eigenvalue weighted by atomic mass is 35.5. The Morgan fingerprint density at radius 3 is 2.37 bits per heavy atom. The maximum atomic E-state index is 13.9. The number of likely N-dealkylation sites (N-methyl/N-ethyl adjacent to an activating group) is 1. The summed E-state index contributed by atoms with van der Waals surface area (Å²) in [6.07, 6.45) is 3.60. The summed E-state index contributed by atoms with van der Waals surface area (Å²) in [5.41, 5.74) is 1.17. The van der Waals surface area contributed by atoms with Gasteiger partial charge in [-0.2, -0.15) is 4.31 Å². The van der Waals surface area contributed by atoms with Crippen LogP contribution in [-0.2, 0) is 10.0 Å². The van der Waals surface area contributed by atoms with Gasteiger partial charge in [0, 0.05) is 43.4 Å². The SMILES string of the molecule is CCC1CCCCN1S(=O)(=O)c1ccc(C(=O)N(CCN(CC)CC)c2nc3cc4c(cc3s2)OCCO4)cc1.Cl. The Hall–Kier alpha value is -2.44. The van der Waals surface area contributed by atoms with Crippen LogP contribution in [0.5, 0.6) is 11.5 Å². The quantitative estimate of drug-likeness (QED) is 0.298. The van der Waals surface area contributed by atoms with E-state index in [0.29, 0.717) is 55.0 Å². The second-order valence-electron chi connectivity index (χ2n) is 10.1. The van der Waals surface area contributed by atoms with Gasteiger partial charge in [0.2, 0.25) is 10.0 Å². The average Bonchev–Trinajstić information content (AvgIpc) is 3.40. The smallest absolute Gasteiger partial charge is 0.260 e. The molecule has 0 aliphatic carbocycles. The number of thiazole rings is 1. The molecule has 1 unspecified atom stereocenters. The zero-order chi connectivity index (χ0) is 28.3. The van der Waals surface area contributed by atoms with Crippen LogP contribution >= 0.6 is 23.7 Å². The van der Waals surface area contributed by atoms with Gasteiger partial charge in [0.1, 0.15) is 13.2 Å². The lowest BCUT2D eigenvalue weighted by molar-refractivity contribution is 0.0983. The molecule has 9 nitrogen and oxygen atoms in total. The van der Waals surface area contributed by atoms with Crippen molar-refractivity contribution in [1.29, 1.82) is 0 Å². The summed E-state index contributed by atoms with van der Waals surface area (Å²) >= 11 is 1.43. The Labute approximate surface area is 252 Å². The Morgan fingerprint density at radius 2 is 1.71 bits per heavy atom. The van der Waals surface area contributed by atoms with Gasteiger partial charge in [0.15, 0.2) is 16.6 Å². The minimum absolute atomic E-state index is 0. The van der Waals surface area contributed by atoms with E-state index in [1.807, 2.05) is 19.1 Å². The standard InChI is InChI=1S/C29H38N4O5S2.ClH/c1-4-22-9-7-8-14-33(22)40(35,36)23-12-10-21(11-13-23)28(34)32(16-15-31(5-2)6-3)29-30-24-19-25-26(20-27(24)39-29)38-18-17-37-25;/h10-13,19-20,22H,4-9,14-18H2,1-3H3;1H. The van der Waals surface area contributed by atoms with Gasteiger partial charge < -0.3 is 14.4 Å². The molecule has 41 heavy (non-hydrogen) atoms. The number of carbonyl (C=O) groups is 1. The molecule has 0 N–H and O–H groups in total. The van der Waals surface area contributed by atoms with E-state index >= 15 is 0 Å². The van der Waals surface area contributed by atoms with Gasteiger partial charge in [0.05, 0.1) is 15.1 Å². The number of halogens is 1. The largest absolute Gasteiger partial charge is 0.486 e. The van der Waals surface area contributed by atoms with E-state index in [9.17, 15) is 13.2 Å². The lowest BCUT2D eigenvalue weighted by Crippen LogP contribution is -2.43. The molecule has 0 radical (unpaired) electrons. The van der Waals surface area contributed by atoms with Crippen molar-refractivity contribution in [2.24, 2.45) is 0 Å². The highest BCUT2D eigenvalue weighted by Gasteiger charge is 2.33. The fourth-order valence-electron chi connectivity index (χ4n) is 5.39. The number of amides is 1. The van der Waals surface area contributed by atoms with E-state index in [-0.39, 0.29) is 29.3 Å². The summed E-state index contributed by atoms with van der Waals surface area (Å²) < 4.78 is 40.9. The number of hydrogen-bond acceptors (Lipinski definition) is 8. The van der Waals surface area contributed by atoms with Gasteiger partial charge in [-0.3, -0.25) is 9.69 Å². The highest BCUT2D eigenvalue weighted by molar-refractivity contribution is 7.89. The summed E-state index contributed by atoms with van der Waals surface area (Å²) in [6.45, 7) is 10.7. The predicted molar refractivity (Wildman–Crippen MR) is 166 cm³/mol. The molecule has 0 saturated carbocycles. The van der Waals surface area contributed by atoms with E-state index in [1.54, 1.807) is 33.5 Å². The third kappa shape index (κ3) is 6.64. The van der Waals surface area contributed by atoms with Crippen molar-refractivity contribution in [3.63, 3.8) is 0 Å². The lowest BCUT2D eigenvalue weighted by atomic mass is 10.0. The van der Waals surface area contributed by atoms with Gasteiger partial charge in [0.25, 0.3) is 5.91 Å². The van der Waals surface area contributed by atoms with E-state index in [0.717, 1.165) is 49.0 Å². The van der Waals surface area contributed by atoms with Crippen molar-refractivity contribution >= 4 is 55.0 Å². The number of rotatable bonds is 10. The van der Waals surface area contributed by atoms with Crippen molar-refractivity contribution in [3.05, 3.63) is 42.0 Å². The molecule has 1 fully saturated rings. The van der Waals surface area contributed by atoms with Crippen LogP contribution in [0.4, 0.5) is 5.13 Å². The zero-order valence-electron chi connectivity index (χ0n) is 23.9. The molecule has 1 amide bonds. The van der Waals surface area contributed by atoms with Gasteiger partial charge >= 0.3 is 0 Å². The number of benzene rings is 2. The molecular weight excluding hydrogens is 584 g/mol. The van der Waals surface area contributed by atoms with Gasteiger partial charge in [-0.1, -0.05) is 38.5 Å². The van der Waals surface area contributed by atoms with Crippen LogP contribution in [0, 0.1) is 0 Å². The maximum absolute atomic E-state index is 13.9. The van der Waals surface area contributed by atoms with Crippen LogP contribution in [0.2, 0.25) is 0 Å². The van der Waals surface area contributed by atoms with Gasteiger partial charge in [-0.15, -0.1) is 12.4 Å². The minimum atomic E-state index is -3.62. The van der Waals surface area contributed by atoms with E-state index in [1.165, 1.54) is 11.3 Å². The number of ether oxygens (including phenoxy) is 2. The molecule has 3 aromatic rings. The normalized spacial score (nSPS) is 17.4. The number of hydrogen-bond donors (Lipinski definition) is 0. The van der Waals surface area contributed by atoms with E-state index in [2.05, 4.69) is 18.7 Å². The molecule has 2 aliphatic rings. The Balaban J connectivity index is 0.00000387. The number of nitrogens with zero attached hydrogens (tertiary/aromatic N) is 4. The summed E-state index contributed by atoms with van der Waals surface area (Å²) in [5.74, 6) is 1.13. The molecule has 0 bridgehead atoms. The molecule has 12 heteroatoms. The van der Waals surface area contributed by atoms with Crippen LogP contribution in [-0.4, -0.2) is 80.5 Å². The molecule has 3 heterocycles. The first-order valence-corrected chi connectivity index (χ1v) is 16.5. The predicted octanol–water partition coefficient (Wildman–Crippen LogP) is 5.43. The number of fused-ring (bicyclic) bond motifs is 2. The Kier molecular flexibility index (Phi) is 10.5. The number of anilines is 1. The molecule has 2 aromatic carbocycles. The van der Waals surface area contributed by atoms with Crippen LogP contribution < -0.4 is 14.4 Å². The monoisotopic (exact) mass is 622 g/mol. The van der Waals surface area contributed by atoms with Crippen molar-refractivity contribution in [2.45, 2.75) is 57.4 Å². The molecule has 1 atom stereocenters. The fraction of sp³-hybridized carbons (Fsp3) is 0.517. The summed E-state index contributed by atoms with van der Waals surface area (Å²) in [5, 5.41) is 0.588. The molecule has 0 spiro atoms. The number of aromatic nitrogens is 1. The lowest BCUT2D eigenvalue weighted by Gasteiger charge is -2.34. The highest BCUT2D eigenvalue weighted by Crippen LogP contribution is 2.39. The first kappa shape index (κ1) is 31.5. The van der Waals surface area contributed by atoms with Gasteiger partial charge in [-0.25, -0.2) is 13.4 Å². The summed E-state index contributed by atoms with van der Waals surface area (Å²) in [4.78, 5) is 22.9. The van der Waals surface area contributed by atoms with Crippen LogP contribution in [0.15, 0.2) is 41.3 Å².